The van der Waals surface area contributed by atoms with E-state index in [0.717, 1.165) is 18.0 Å². The zero-order valence-electron chi connectivity index (χ0n) is 14.9. The van der Waals surface area contributed by atoms with Crippen molar-refractivity contribution in [3.8, 4) is 0 Å². The molecule has 4 heteroatoms. The molecule has 1 saturated carbocycles. The van der Waals surface area contributed by atoms with Gasteiger partial charge in [-0.3, -0.25) is 4.79 Å². The third-order valence-corrected chi connectivity index (χ3v) is 5.50. The van der Waals surface area contributed by atoms with Gasteiger partial charge in [0.2, 0.25) is 0 Å². The van der Waals surface area contributed by atoms with Gasteiger partial charge in [0, 0.05) is 23.0 Å². The molecule has 0 bridgehead atoms. The molecule has 0 heterocycles. The molecule has 3 rings (SSSR count). The minimum Gasteiger partial charge on any atom is -0.314 e. The van der Waals surface area contributed by atoms with Crippen LogP contribution in [0.5, 0.6) is 0 Å². The molecule has 2 nitrogen and oxygen atoms in total. The van der Waals surface area contributed by atoms with E-state index in [1.165, 1.54) is 43.4 Å². The summed E-state index contributed by atoms with van der Waals surface area (Å²) in [4.78, 5) is 12.1. The van der Waals surface area contributed by atoms with E-state index in [0.29, 0.717) is 23.9 Å². The SMILES string of the molecule is O=C(CCCNC1CCC(c2ccc(Cl)cc2)CC1)c1ccc(F)cc1. The van der Waals surface area contributed by atoms with Gasteiger partial charge in [0.05, 0.1) is 0 Å². The second-order valence-electron chi connectivity index (χ2n) is 7.09. The zero-order valence-corrected chi connectivity index (χ0v) is 15.6. The van der Waals surface area contributed by atoms with Crippen molar-refractivity contribution in [1.82, 2.24) is 5.32 Å². The molecule has 26 heavy (non-hydrogen) atoms. The number of carbonyl (C=O) groups is 1. The summed E-state index contributed by atoms with van der Waals surface area (Å²) < 4.78 is 12.9. The van der Waals surface area contributed by atoms with E-state index in [1.807, 2.05) is 12.1 Å². The van der Waals surface area contributed by atoms with E-state index in [2.05, 4.69) is 17.4 Å². The molecule has 2 aromatic rings. The number of rotatable bonds is 7. The zero-order chi connectivity index (χ0) is 18.4. The Bertz CT molecular complexity index is 706. The summed E-state index contributed by atoms with van der Waals surface area (Å²) in [7, 11) is 0. The smallest absolute Gasteiger partial charge is 0.162 e. The molecule has 138 valence electrons. The summed E-state index contributed by atoms with van der Waals surface area (Å²) in [6.07, 6.45) is 6.02. The fraction of sp³-hybridized carbons (Fsp3) is 0.409. The molecule has 0 atom stereocenters. The fourth-order valence-corrected chi connectivity index (χ4v) is 3.83. The third-order valence-electron chi connectivity index (χ3n) is 5.25. The number of hydrogen-bond donors (Lipinski definition) is 1. The number of halogens is 2. The van der Waals surface area contributed by atoms with Crippen molar-refractivity contribution in [3.05, 3.63) is 70.5 Å². The summed E-state index contributed by atoms with van der Waals surface area (Å²) in [6, 6.07) is 14.6. The summed E-state index contributed by atoms with van der Waals surface area (Å²) in [5.41, 5.74) is 1.98. The van der Waals surface area contributed by atoms with Crippen molar-refractivity contribution in [2.45, 2.75) is 50.5 Å². The maximum absolute atomic E-state index is 12.9. The summed E-state index contributed by atoms with van der Waals surface area (Å²) in [5, 5.41) is 4.38. The average Bonchev–Trinajstić information content (AvgIpc) is 2.67. The Labute approximate surface area is 159 Å². The first-order chi connectivity index (χ1) is 12.6. The maximum atomic E-state index is 12.9. The summed E-state index contributed by atoms with van der Waals surface area (Å²) >= 11 is 5.96. The first kappa shape index (κ1) is 19.1. The summed E-state index contributed by atoms with van der Waals surface area (Å²) in [6.45, 7) is 0.850. The van der Waals surface area contributed by atoms with Crippen LogP contribution in [0.2, 0.25) is 5.02 Å². The molecule has 1 aliphatic rings. The number of hydrogen-bond acceptors (Lipinski definition) is 2. The second-order valence-corrected chi connectivity index (χ2v) is 7.52. The van der Waals surface area contributed by atoms with Crippen molar-refractivity contribution in [3.63, 3.8) is 0 Å². The van der Waals surface area contributed by atoms with E-state index < -0.39 is 0 Å². The minimum absolute atomic E-state index is 0.0817. The first-order valence-corrected chi connectivity index (χ1v) is 9.77. The standard InChI is InChI=1S/C22H25ClFNO/c23-19-9-3-16(4-10-19)17-7-13-21(14-8-17)25-15-1-2-22(26)18-5-11-20(24)12-6-18/h3-6,9-12,17,21,25H,1-2,7-8,13-15H2. The molecule has 0 spiro atoms. The number of carbonyl (C=O) groups excluding carboxylic acids is 1. The van der Waals surface area contributed by atoms with Crippen LogP contribution in [-0.2, 0) is 0 Å². The van der Waals surface area contributed by atoms with E-state index >= 15 is 0 Å². The molecule has 1 aliphatic carbocycles. The average molecular weight is 374 g/mol. The lowest BCUT2D eigenvalue weighted by atomic mass is 9.82. The van der Waals surface area contributed by atoms with E-state index in [9.17, 15) is 9.18 Å². The van der Waals surface area contributed by atoms with Crippen LogP contribution in [0.15, 0.2) is 48.5 Å². The summed E-state index contributed by atoms with van der Waals surface area (Å²) in [5.74, 6) is 0.404. The number of ketones is 1. The molecular weight excluding hydrogens is 349 g/mol. The normalized spacial score (nSPS) is 20.1. The molecule has 0 saturated heterocycles. The van der Waals surface area contributed by atoms with E-state index in [1.54, 1.807) is 12.1 Å². The Morgan fingerprint density at radius 2 is 1.65 bits per heavy atom. The van der Waals surface area contributed by atoms with Crippen molar-refractivity contribution in [2.75, 3.05) is 6.54 Å². The number of benzene rings is 2. The highest BCUT2D eigenvalue weighted by Crippen LogP contribution is 2.33. The lowest BCUT2D eigenvalue weighted by molar-refractivity contribution is 0.0979. The van der Waals surface area contributed by atoms with Crippen LogP contribution in [0.4, 0.5) is 4.39 Å². The molecule has 0 aromatic heterocycles. The van der Waals surface area contributed by atoms with Crippen LogP contribution in [0.25, 0.3) is 0 Å². The Morgan fingerprint density at radius 1 is 1.00 bits per heavy atom. The fourth-order valence-electron chi connectivity index (χ4n) is 3.70. The lowest BCUT2D eigenvalue weighted by Crippen LogP contribution is -2.33. The molecule has 1 fully saturated rings. The van der Waals surface area contributed by atoms with E-state index in [-0.39, 0.29) is 11.6 Å². The highest BCUT2D eigenvalue weighted by molar-refractivity contribution is 6.30. The molecule has 0 unspecified atom stereocenters. The quantitative estimate of drug-likeness (QED) is 0.494. The van der Waals surface area contributed by atoms with Crippen molar-refractivity contribution in [2.24, 2.45) is 0 Å². The van der Waals surface area contributed by atoms with Crippen LogP contribution in [0.1, 0.15) is 60.4 Å². The van der Waals surface area contributed by atoms with Gasteiger partial charge in [-0.1, -0.05) is 23.7 Å². The molecule has 1 N–H and O–H groups in total. The van der Waals surface area contributed by atoms with Gasteiger partial charge in [-0.05, 0) is 86.5 Å². The molecule has 0 amide bonds. The van der Waals surface area contributed by atoms with Gasteiger partial charge >= 0.3 is 0 Å². The Balaban J connectivity index is 1.34. The predicted molar refractivity (Wildman–Crippen MR) is 104 cm³/mol. The van der Waals surface area contributed by atoms with Crippen molar-refractivity contribution in [1.29, 1.82) is 0 Å². The van der Waals surface area contributed by atoms with Crippen LogP contribution in [0.3, 0.4) is 0 Å². The molecular formula is C22H25ClFNO. The topological polar surface area (TPSA) is 29.1 Å². The monoisotopic (exact) mass is 373 g/mol. The Kier molecular flexibility index (Phi) is 6.81. The van der Waals surface area contributed by atoms with Gasteiger partial charge in [-0.25, -0.2) is 4.39 Å². The van der Waals surface area contributed by atoms with Crippen LogP contribution in [-0.4, -0.2) is 18.4 Å². The number of Topliss-reactive ketones (excluding diaryl/α,β-unsaturated/α-hetero) is 1. The van der Waals surface area contributed by atoms with Gasteiger partial charge in [0.25, 0.3) is 0 Å². The van der Waals surface area contributed by atoms with Gasteiger partial charge in [-0.15, -0.1) is 0 Å². The van der Waals surface area contributed by atoms with Crippen LogP contribution >= 0.6 is 11.6 Å². The van der Waals surface area contributed by atoms with Gasteiger partial charge < -0.3 is 5.32 Å². The minimum atomic E-state index is -0.308. The van der Waals surface area contributed by atoms with Gasteiger partial charge in [0.15, 0.2) is 5.78 Å². The highest BCUT2D eigenvalue weighted by Gasteiger charge is 2.21. The lowest BCUT2D eigenvalue weighted by Gasteiger charge is -2.29. The Hall–Kier alpha value is -1.71. The van der Waals surface area contributed by atoms with Crippen LogP contribution in [0, 0.1) is 5.82 Å². The maximum Gasteiger partial charge on any atom is 0.162 e. The predicted octanol–water partition coefficient (Wildman–Crippen LogP) is 5.76. The number of nitrogens with one attached hydrogen (secondary N) is 1. The molecule has 0 aliphatic heterocycles. The second kappa shape index (κ2) is 9.29. The largest absolute Gasteiger partial charge is 0.314 e. The Morgan fingerprint density at radius 3 is 2.31 bits per heavy atom. The first-order valence-electron chi connectivity index (χ1n) is 9.39. The van der Waals surface area contributed by atoms with Crippen molar-refractivity contribution >= 4 is 17.4 Å². The van der Waals surface area contributed by atoms with Gasteiger partial charge in [0.1, 0.15) is 5.82 Å². The van der Waals surface area contributed by atoms with Crippen molar-refractivity contribution < 1.29 is 9.18 Å². The van der Waals surface area contributed by atoms with Crippen LogP contribution < -0.4 is 5.32 Å². The van der Waals surface area contributed by atoms with Gasteiger partial charge in [-0.2, -0.15) is 0 Å². The highest BCUT2D eigenvalue weighted by atomic mass is 35.5. The van der Waals surface area contributed by atoms with E-state index in [4.69, 9.17) is 11.6 Å². The third kappa shape index (κ3) is 5.39. The molecule has 2 aromatic carbocycles. The molecule has 0 radical (unpaired) electrons.